The van der Waals surface area contributed by atoms with E-state index >= 15 is 0 Å². The molecule has 1 aliphatic rings. The highest BCUT2D eigenvalue weighted by molar-refractivity contribution is 5.94. The maximum atomic E-state index is 12.1. The molecule has 0 unspecified atom stereocenters. The maximum Gasteiger partial charge on any atom is 0.312 e. The number of urea groups is 1. The number of rotatable bonds is 5. The number of nitrogens with two attached hydrogens (primary N) is 1. The number of likely N-dealkylation sites (tertiary alicyclic amines) is 1. The number of carbonyl (C=O) groups excluding carboxylic acids is 2. The van der Waals surface area contributed by atoms with Crippen molar-refractivity contribution in [1.82, 2.24) is 10.2 Å². The van der Waals surface area contributed by atoms with Crippen molar-refractivity contribution >= 4 is 17.9 Å². The van der Waals surface area contributed by atoms with Gasteiger partial charge >= 0.3 is 12.0 Å². The molecule has 0 aromatic heterocycles. The fraction of sp³-hybridized carbons (Fsp3) is 0.357. The normalized spacial score (nSPS) is 14.4. The molecule has 1 aromatic carbocycles. The zero-order valence-electron chi connectivity index (χ0n) is 11.4. The van der Waals surface area contributed by atoms with E-state index in [9.17, 15) is 14.4 Å². The van der Waals surface area contributed by atoms with Gasteiger partial charge in [0.2, 0.25) is 0 Å². The number of nitrogens with zero attached hydrogens (tertiary/aromatic N) is 1. The molecule has 1 heterocycles. The Balaban J connectivity index is 1.86. The van der Waals surface area contributed by atoms with Gasteiger partial charge in [0.25, 0.3) is 5.91 Å². The van der Waals surface area contributed by atoms with E-state index in [1.54, 1.807) is 29.2 Å². The quantitative estimate of drug-likeness (QED) is 0.728. The van der Waals surface area contributed by atoms with Crippen LogP contribution in [-0.4, -0.2) is 41.0 Å². The third-order valence-corrected chi connectivity index (χ3v) is 3.38. The van der Waals surface area contributed by atoms with Crippen molar-refractivity contribution in [2.24, 2.45) is 11.7 Å². The first-order chi connectivity index (χ1) is 9.95. The van der Waals surface area contributed by atoms with Crippen LogP contribution >= 0.6 is 0 Å². The largest absolute Gasteiger partial charge is 0.481 e. The lowest BCUT2D eigenvalue weighted by atomic mass is 9.95. The molecule has 0 aliphatic carbocycles. The van der Waals surface area contributed by atoms with Crippen molar-refractivity contribution in [1.29, 1.82) is 0 Å². The second-order valence-electron chi connectivity index (χ2n) is 5.09. The van der Waals surface area contributed by atoms with E-state index in [2.05, 4.69) is 5.32 Å². The van der Waals surface area contributed by atoms with Crippen LogP contribution in [0.15, 0.2) is 24.3 Å². The molecular weight excluding hydrogens is 274 g/mol. The van der Waals surface area contributed by atoms with Crippen molar-refractivity contribution < 1.29 is 19.5 Å². The van der Waals surface area contributed by atoms with E-state index in [0.29, 0.717) is 25.2 Å². The molecule has 7 heteroatoms. The summed E-state index contributed by atoms with van der Waals surface area (Å²) in [5, 5.41) is 11.1. The highest BCUT2D eigenvalue weighted by atomic mass is 16.4. The first-order valence-electron chi connectivity index (χ1n) is 6.59. The molecule has 21 heavy (non-hydrogen) atoms. The second-order valence-corrected chi connectivity index (χ2v) is 5.09. The zero-order chi connectivity index (χ0) is 15.4. The van der Waals surface area contributed by atoms with E-state index in [-0.39, 0.29) is 18.2 Å². The number of aliphatic carboxylic acids is 1. The van der Waals surface area contributed by atoms with Crippen LogP contribution in [0.25, 0.3) is 0 Å². The Hall–Kier alpha value is -2.57. The van der Waals surface area contributed by atoms with Gasteiger partial charge in [0.1, 0.15) is 0 Å². The molecule has 4 N–H and O–H groups in total. The van der Waals surface area contributed by atoms with Crippen LogP contribution in [0, 0.1) is 5.92 Å². The predicted octanol–water partition coefficient (Wildman–Crippen LogP) is 0.402. The average molecular weight is 291 g/mol. The Morgan fingerprint density at radius 3 is 2.38 bits per heavy atom. The van der Waals surface area contributed by atoms with Gasteiger partial charge in [-0.1, -0.05) is 12.1 Å². The van der Waals surface area contributed by atoms with Crippen LogP contribution in [-0.2, 0) is 11.3 Å². The van der Waals surface area contributed by atoms with E-state index in [4.69, 9.17) is 10.8 Å². The minimum Gasteiger partial charge on any atom is -0.481 e. The molecule has 0 spiro atoms. The molecule has 0 atom stereocenters. The SMILES string of the molecule is NC(=O)NCc1ccc(C(=O)N2CC(CC(=O)O)C2)cc1. The Bertz CT molecular complexity index is 550. The average Bonchev–Trinajstić information content (AvgIpc) is 2.39. The maximum absolute atomic E-state index is 12.1. The van der Waals surface area contributed by atoms with Crippen LogP contribution in [0.2, 0.25) is 0 Å². The Morgan fingerprint density at radius 1 is 1.24 bits per heavy atom. The van der Waals surface area contributed by atoms with E-state index in [0.717, 1.165) is 5.56 Å². The highest BCUT2D eigenvalue weighted by Crippen LogP contribution is 2.21. The van der Waals surface area contributed by atoms with Crippen LogP contribution in [0.3, 0.4) is 0 Å². The molecule has 1 aliphatic heterocycles. The number of hydrogen-bond acceptors (Lipinski definition) is 3. The number of carboxylic acids is 1. The smallest absolute Gasteiger partial charge is 0.312 e. The Labute approximate surface area is 121 Å². The first-order valence-corrected chi connectivity index (χ1v) is 6.59. The Morgan fingerprint density at radius 2 is 1.86 bits per heavy atom. The minimum atomic E-state index is -0.835. The van der Waals surface area contributed by atoms with Crippen LogP contribution in [0.1, 0.15) is 22.3 Å². The van der Waals surface area contributed by atoms with E-state index in [1.807, 2.05) is 0 Å². The number of benzene rings is 1. The van der Waals surface area contributed by atoms with Gasteiger partial charge in [0.15, 0.2) is 0 Å². The van der Waals surface area contributed by atoms with Gasteiger partial charge in [0, 0.05) is 31.1 Å². The van der Waals surface area contributed by atoms with Crippen molar-refractivity contribution in [2.45, 2.75) is 13.0 Å². The van der Waals surface area contributed by atoms with Gasteiger partial charge < -0.3 is 21.1 Å². The number of nitrogens with one attached hydrogen (secondary N) is 1. The molecule has 0 bridgehead atoms. The predicted molar refractivity (Wildman–Crippen MR) is 74.5 cm³/mol. The monoisotopic (exact) mass is 291 g/mol. The third-order valence-electron chi connectivity index (χ3n) is 3.38. The molecule has 112 valence electrons. The zero-order valence-corrected chi connectivity index (χ0v) is 11.4. The van der Waals surface area contributed by atoms with Gasteiger partial charge in [-0.2, -0.15) is 0 Å². The van der Waals surface area contributed by atoms with E-state index in [1.165, 1.54) is 0 Å². The molecule has 1 aromatic rings. The van der Waals surface area contributed by atoms with Crippen molar-refractivity contribution in [3.05, 3.63) is 35.4 Å². The topological polar surface area (TPSA) is 113 Å². The second kappa shape index (κ2) is 6.25. The first kappa shape index (κ1) is 14.8. The van der Waals surface area contributed by atoms with Crippen molar-refractivity contribution in [2.75, 3.05) is 13.1 Å². The summed E-state index contributed by atoms with van der Waals surface area (Å²) in [6.07, 6.45) is 0.0987. The molecule has 0 radical (unpaired) electrons. The summed E-state index contributed by atoms with van der Waals surface area (Å²) in [4.78, 5) is 34.9. The highest BCUT2D eigenvalue weighted by Gasteiger charge is 2.32. The molecular formula is C14H17N3O4. The van der Waals surface area contributed by atoms with Gasteiger partial charge in [0.05, 0.1) is 6.42 Å². The van der Waals surface area contributed by atoms with Gasteiger partial charge in [-0.25, -0.2) is 4.79 Å². The number of hydrogen-bond donors (Lipinski definition) is 3. The summed E-state index contributed by atoms with van der Waals surface area (Å²) in [6.45, 7) is 1.28. The third kappa shape index (κ3) is 3.95. The van der Waals surface area contributed by atoms with Crippen LogP contribution in [0.5, 0.6) is 0 Å². The number of amides is 3. The van der Waals surface area contributed by atoms with E-state index < -0.39 is 12.0 Å². The van der Waals surface area contributed by atoms with Gasteiger partial charge in [-0.3, -0.25) is 9.59 Å². The summed E-state index contributed by atoms with van der Waals surface area (Å²) in [7, 11) is 0. The van der Waals surface area contributed by atoms with Crippen LogP contribution < -0.4 is 11.1 Å². The lowest BCUT2D eigenvalue weighted by Gasteiger charge is -2.38. The molecule has 1 fully saturated rings. The Kier molecular flexibility index (Phi) is 4.42. The molecule has 3 amide bonds. The molecule has 7 nitrogen and oxygen atoms in total. The minimum absolute atomic E-state index is 0.0467. The molecule has 1 saturated heterocycles. The van der Waals surface area contributed by atoms with Crippen molar-refractivity contribution in [3.63, 3.8) is 0 Å². The summed E-state index contributed by atoms with van der Waals surface area (Å²) in [5.74, 6) is -0.894. The summed E-state index contributed by atoms with van der Waals surface area (Å²) in [6, 6.07) is 6.27. The molecule has 0 saturated carbocycles. The summed E-state index contributed by atoms with van der Waals surface area (Å²) in [5.41, 5.74) is 6.37. The number of primary amides is 1. The van der Waals surface area contributed by atoms with Gasteiger partial charge in [-0.15, -0.1) is 0 Å². The fourth-order valence-electron chi connectivity index (χ4n) is 2.25. The standard InChI is InChI=1S/C14H17N3O4/c15-14(21)16-6-9-1-3-11(4-2-9)13(20)17-7-10(8-17)5-12(18)19/h1-4,10H,5-8H2,(H,18,19)(H3,15,16,21). The van der Waals surface area contributed by atoms with Crippen molar-refractivity contribution in [3.8, 4) is 0 Å². The number of carboxylic acid groups (broad SMARTS) is 1. The van der Waals surface area contributed by atoms with Gasteiger partial charge in [-0.05, 0) is 17.7 Å². The fourth-order valence-corrected chi connectivity index (χ4v) is 2.25. The van der Waals surface area contributed by atoms with Crippen LogP contribution in [0.4, 0.5) is 4.79 Å². The summed E-state index contributed by atoms with van der Waals surface area (Å²) >= 11 is 0. The summed E-state index contributed by atoms with van der Waals surface area (Å²) < 4.78 is 0. The lowest BCUT2D eigenvalue weighted by Crippen LogP contribution is -2.50. The molecule has 2 rings (SSSR count). The number of carbonyl (C=O) groups is 3. The lowest BCUT2D eigenvalue weighted by molar-refractivity contribution is -0.139.